The van der Waals surface area contributed by atoms with Crippen LogP contribution in [0.4, 0.5) is 11.4 Å². The molecule has 108 valence electrons. The van der Waals surface area contributed by atoms with Gasteiger partial charge in [0.2, 0.25) is 11.8 Å². The highest BCUT2D eigenvalue weighted by atomic mass is 16.2. The fourth-order valence-corrected chi connectivity index (χ4v) is 2.46. The van der Waals surface area contributed by atoms with Crippen LogP contribution in [0, 0.1) is 12.8 Å². The Balaban J connectivity index is 2.16. The molecule has 1 aliphatic rings. The zero-order chi connectivity index (χ0) is 14.7. The van der Waals surface area contributed by atoms with Crippen molar-refractivity contribution >= 4 is 23.2 Å². The summed E-state index contributed by atoms with van der Waals surface area (Å²) in [5, 5.41) is 2.90. The largest absolute Gasteiger partial charge is 0.326 e. The maximum Gasteiger partial charge on any atom is 0.227 e. The maximum absolute atomic E-state index is 11.8. The minimum Gasteiger partial charge on any atom is -0.326 e. The second kappa shape index (κ2) is 6.07. The lowest BCUT2D eigenvalue weighted by Gasteiger charge is -2.19. The Kier molecular flexibility index (Phi) is 4.42. The summed E-state index contributed by atoms with van der Waals surface area (Å²) in [6.07, 6.45) is 2.03. The van der Waals surface area contributed by atoms with Gasteiger partial charge >= 0.3 is 0 Å². The molecule has 20 heavy (non-hydrogen) atoms. The number of carbonyl (C=O) groups is 2. The number of nitrogens with one attached hydrogen (secondary N) is 1. The lowest BCUT2D eigenvalue weighted by atomic mass is 10.1. The summed E-state index contributed by atoms with van der Waals surface area (Å²) in [7, 11) is 0. The van der Waals surface area contributed by atoms with Gasteiger partial charge in [0.25, 0.3) is 0 Å². The van der Waals surface area contributed by atoms with Gasteiger partial charge in [-0.3, -0.25) is 9.59 Å². The van der Waals surface area contributed by atoms with Crippen molar-refractivity contribution in [3.05, 3.63) is 23.8 Å². The number of rotatable bonds is 4. The standard InChI is InChI=1S/C16H22N2O2/c1-11(2)9-15(19)17-13-7-6-12(3)14(10-13)18-8-4-5-16(18)20/h6-7,10-11H,4-5,8-9H2,1-3H3,(H,17,19). The molecule has 1 fully saturated rings. The average molecular weight is 274 g/mol. The molecule has 1 aromatic rings. The van der Waals surface area contributed by atoms with Crippen molar-refractivity contribution in [2.75, 3.05) is 16.8 Å². The Labute approximate surface area is 120 Å². The van der Waals surface area contributed by atoms with Crippen LogP contribution in [-0.2, 0) is 9.59 Å². The second-order valence-electron chi connectivity index (χ2n) is 5.80. The van der Waals surface area contributed by atoms with Crippen molar-refractivity contribution in [3.8, 4) is 0 Å². The number of amides is 2. The number of anilines is 2. The van der Waals surface area contributed by atoms with Crippen LogP contribution < -0.4 is 10.2 Å². The molecular weight excluding hydrogens is 252 g/mol. The Morgan fingerprint density at radius 1 is 1.40 bits per heavy atom. The van der Waals surface area contributed by atoms with E-state index in [-0.39, 0.29) is 11.8 Å². The Hall–Kier alpha value is -1.84. The predicted molar refractivity (Wildman–Crippen MR) is 80.9 cm³/mol. The van der Waals surface area contributed by atoms with Crippen LogP contribution >= 0.6 is 0 Å². The summed E-state index contributed by atoms with van der Waals surface area (Å²) in [5.74, 6) is 0.515. The maximum atomic E-state index is 11.8. The number of nitrogens with zero attached hydrogens (tertiary/aromatic N) is 1. The third-order valence-electron chi connectivity index (χ3n) is 3.45. The van der Waals surface area contributed by atoms with E-state index < -0.39 is 0 Å². The average Bonchev–Trinajstić information content (AvgIpc) is 2.77. The van der Waals surface area contributed by atoms with Crippen molar-refractivity contribution in [3.63, 3.8) is 0 Å². The van der Waals surface area contributed by atoms with Crippen LogP contribution in [0.2, 0.25) is 0 Å². The topological polar surface area (TPSA) is 49.4 Å². The fourth-order valence-electron chi connectivity index (χ4n) is 2.46. The lowest BCUT2D eigenvalue weighted by molar-refractivity contribution is -0.117. The van der Waals surface area contributed by atoms with E-state index in [0.717, 1.165) is 29.9 Å². The molecule has 0 aliphatic carbocycles. The molecule has 1 aromatic carbocycles. The van der Waals surface area contributed by atoms with E-state index in [9.17, 15) is 9.59 Å². The first-order valence-electron chi connectivity index (χ1n) is 7.18. The van der Waals surface area contributed by atoms with Gasteiger partial charge in [-0.1, -0.05) is 19.9 Å². The fraction of sp³-hybridized carbons (Fsp3) is 0.500. The minimum absolute atomic E-state index is 0.0163. The molecule has 1 heterocycles. The summed E-state index contributed by atoms with van der Waals surface area (Å²) >= 11 is 0. The zero-order valence-corrected chi connectivity index (χ0v) is 12.4. The lowest BCUT2D eigenvalue weighted by Crippen LogP contribution is -2.24. The minimum atomic E-state index is 0.0163. The normalized spacial score (nSPS) is 15.0. The van der Waals surface area contributed by atoms with Crippen LogP contribution in [0.3, 0.4) is 0 Å². The molecule has 4 nitrogen and oxygen atoms in total. The van der Waals surface area contributed by atoms with E-state index >= 15 is 0 Å². The van der Waals surface area contributed by atoms with Gasteiger partial charge in [0.15, 0.2) is 0 Å². The molecule has 0 spiro atoms. The number of aryl methyl sites for hydroxylation is 1. The summed E-state index contributed by atoms with van der Waals surface area (Å²) in [6, 6.07) is 5.74. The van der Waals surface area contributed by atoms with Gasteiger partial charge in [0.05, 0.1) is 0 Å². The van der Waals surface area contributed by atoms with E-state index in [4.69, 9.17) is 0 Å². The Morgan fingerprint density at radius 3 is 2.75 bits per heavy atom. The van der Waals surface area contributed by atoms with E-state index in [2.05, 4.69) is 5.32 Å². The van der Waals surface area contributed by atoms with Crippen molar-refractivity contribution in [1.82, 2.24) is 0 Å². The predicted octanol–water partition coefficient (Wildman–Crippen LogP) is 3.11. The number of hydrogen-bond donors (Lipinski definition) is 1. The van der Waals surface area contributed by atoms with Gasteiger partial charge in [0, 0.05) is 30.8 Å². The number of hydrogen-bond acceptors (Lipinski definition) is 2. The highest BCUT2D eigenvalue weighted by molar-refractivity contribution is 5.97. The van der Waals surface area contributed by atoms with Crippen molar-refractivity contribution in [2.45, 2.75) is 40.0 Å². The van der Waals surface area contributed by atoms with Crippen molar-refractivity contribution in [2.24, 2.45) is 5.92 Å². The first-order valence-corrected chi connectivity index (χ1v) is 7.18. The van der Waals surface area contributed by atoms with E-state index in [1.165, 1.54) is 0 Å². The van der Waals surface area contributed by atoms with Gasteiger partial charge in [-0.25, -0.2) is 0 Å². The van der Waals surface area contributed by atoms with Crippen molar-refractivity contribution < 1.29 is 9.59 Å². The van der Waals surface area contributed by atoms with Gasteiger partial charge in [0.1, 0.15) is 0 Å². The monoisotopic (exact) mass is 274 g/mol. The van der Waals surface area contributed by atoms with E-state index in [1.807, 2.05) is 43.9 Å². The quantitative estimate of drug-likeness (QED) is 0.917. The van der Waals surface area contributed by atoms with Crippen LogP contribution in [-0.4, -0.2) is 18.4 Å². The smallest absolute Gasteiger partial charge is 0.227 e. The molecule has 0 radical (unpaired) electrons. The van der Waals surface area contributed by atoms with Crippen LogP contribution in [0.5, 0.6) is 0 Å². The third kappa shape index (κ3) is 3.38. The molecule has 0 atom stereocenters. The highest BCUT2D eigenvalue weighted by Crippen LogP contribution is 2.28. The SMILES string of the molecule is Cc1ccc(NC(=O)CC(C)C)cc1N1CCCC1=O. The van der Waals surface area contributed by atoms with E-state index in [0.29, 0.717) is 18.8 Å². The van der Waals surface area contributed by atoms with Gasteiger partial charge in [-0.2, -0.15) is 0 Å². The molecule has 0 bridgehead atoms. The summed E-state index contributed by atoms with van der Waals surface area (Å²) in [6.45, 7) is 6.79. The van der Waals surface area contributed by atoms with E-state index in [1.54, 1.807) is 0 Å². The van der Waals surface area contributed by atoms with Crippen LogP contribution in [0.15, 0.2) is 18.2 Å². The van der Waals surface area contributed by atoms with Gasteiger partial charge < -0.3 is 10.2 Å². The molecule has 0 aromatic heterocycles. The summed E-state index contributed by atoms with van der Waals surface area (Å²) < 4.78 is 0. The molecule has 2 rings (SSSR count). The number of carbonyl (C=O) groups excluding carboxylic acids is 2. The third-order valence-corrected chi connectivity index (χ3v) is 3.45. The second-order valence-corrected chi connectivity index (χ2v) is 5.80. The van der Waals surface area contributed by atoms with Gasteiger partial charge in [-0.15, -0.1) is 0 Å². The van der Waals surface area contributed by atoms with Crippen LogP contribution in [0.1, 0.15) is 38.7 Å². The molecule has 0 unspecified atom stereocenters. The van der Waals surface area contributed by atoms with Gasteiger partial charge in [-0.05, 0) is 37.0 Å². The number of benzene rings is 1. The molecule has 1 aliphatic heterocycles. The highest BCUT2D eigenvalue weighted by Gasteiger charge is 2.23. The summed E-state index contributed by atoms with van der Waals surface area (Å²) in [4.78, 5) is 25.5. The Bertz CT molecular complexity index is 523. The molecular formula is C16H22N2O2. The first-order chi connectivity index (χ1) is 9.47. The zero-order valence-electron chi connectivity index (χ0n) is 12.4. The van der Waals surface area contributed by atoms with Crippen LogP contribution in [0.25, 0.3) is 0 Å². The molecule has 2 amide bonds. The summed E-state index contributed by atoms with van der Waals surface area (Å²) in [5.41, 5.74) is 2.73. The Morgan fingerprint density at radius 2 is 2.15 bits per heavy atom. The molecule has 4 heteroatoms. The molecule has 1 N–H and O–H groups in total. The van der Waals surface area contributed by atoms with Crippen molar-refractivity contribution in [1.29, 1.82) is 0 Å². The molecule has 1 saturated heterocycles. The first kappa shape index (κ1) is 14.6. The molecule has 0 saturated carbocycles.